The van der Waals surface area contributed by atoms with E-state index in [1.807, 2.05) is 0 Å². The van der Waals surface area contributed by atoms with E-state index in [4.69, 9.17) is 0 Å². The summed E-state index contributed by atoms with van der Waals surface area (Å²) in [5, 5.41) is 4.94. The fraction of sp³-hybridized carbons (Fsp3) is 0. The molecule has 3 heteroatoms. The van der Waals surface area contributed by atoms with Crippen LogP contribution in [0.2, 0.25) is 0 Å². The van der Waals surface area contributed by atoms with Gasteiger partial charge in [0.25, 0.3) is 0 Å². The summed E-state index contributed by atoms with van der Waals surface area (Å²) in [7, 11) is 0. The van der Waals surface area contributed by atoms with Crippen molar-refractivity contribution in [3.05, 3.63) is 241 Å². The maximum absolute atomic E-state index is 3.76. The van der Waals surface area contributed by atoms with Crippen LogP contribution >= 0.6 is 15.9 Å². The number of aromatic nitrogens is 2. The van der Waals surface area contributed by atoms with Crippen LogP contribution < -0.4 is 0 Å². The fourth-order valence-corrected chi connectivity index (χ4v) is 9.97. The molecule has 0 aliphatic carbocycles. The number of hydrogen-bond acceptors (Lipinski definition) is 0. The molecule has 0 spiro atoms. The molecule has 2 nitrogen and oxygen atoms in total. The Morgan fingerprint density at radius 1 is 0.222 bits per heavy atom. The number of fused-ring (bicyclic) bond motifs is 6. The molecule has 10 aromatic carbocycles. The van der Waals surface area contributed by atoms with E-state index in [1.165, 1.54) is 93.7 Å². The zero-order valence-electron chi connectivity index (χ0n) is 34.3. The Morgan fingerprint density at radius 3 is 1.25 bits per heavy atom. The minimum absolute atomic E-state index is 1.06. The Kier molecular flexibility index (Phi) is 9.02. The molecule has 2 aromatic heterocycles. The normalized spacial score (nSPS) is 11.6. The fourth-order valence-electron chi connectivity index (χ4n) is 9.57. The van der Waals surface area contributed by atoms with E-state index in [-0.39, 0.29) is 0 Å². The highest BCUT2D eigenvalue weighted by Gasteiger charge is 2.18. The standard InChI is InChI=1S/C60H39BrN2/c61-50-20-14-19-42(35-50)45-31-46(33-47(32-45)44-27-29-55-53-23-10-12-25-57(53)62(60(55)39-44)51-21-8-3-9-22-51)43-28-30-59-56(38-43)54-24-11-13-26-58(54)63(59)52-36-48(40-15-4-1-5-16-40)34-49(37-52)41-17-6-2-7-18-41/h1-39H. The third-order valence-corrected chi connectivity index (χ3v) is 13.0. The van der Waals surface area contributed by atoms with Crippen LogP contribution in [0.3, 0.4) is 0 Å². The highest BCUT2D eigenvalue weighted by atomic mass is 79.9. The van der Waals surface area contributed by atoms with Gasteiger partial charge in [-0.05, 0) is 147 Å². The minimum Gasteiger partial charge on any atom is -0.309 e. The molecule has 12 aromatic rings. The van der Waals surface area contributed by atoms with Gasteiger partial charge in [0.15, 0.2) is 0 Å². The summed E-state index contributed by atoms with van der Waals surface area (Å²) < 4.78 is 5.90. The van der Waals surface area contributed by atoms with Gasteiger partial charge < -0.3 is 9.13 Å². The van der Waals surface area contributed by atoms with E-state index in [0.717, 1.165) is 21.4 Å². The van der Waals surface area contributed by atoms with Gasteiger partial charge in [-0.15, -0.1) is 0 Å². The quantitative estimate of drug-likeness (QED) is 0.151. The van der Waals surface area contributed by atoms with Gasteiger partial charge in [0.2, 0.25) is 0 Å². The molecule has 0 N–H and O–H groups in total. The summed E-state index contributed by atoms with van der Waals surface area (Å²) in [6.45, 7) is 0. The average molecular weight is 868 g/mol. The van der Waals surface area contributed by atoms with Crippen LogP contribution in [0.5, 0.6) is 0 Å². The molecule has 296 valence electrons. The van der Waals surface area contributed by atoms with Crippen LogP contribution in [-0.2, 0) is 0 Å². The maximum Gasteiger partial charge on any atom is 0.0547 e. The molecule has 0 saturated carbocycles. The van der Waals surface area contributed by atoms with Gasteiger partial charge in [-0.2, -0.15) is 0 Å². The first kappa shape index (κ1) is 37.1. The Balaban J connectivity index is 1.05. The van der Waals surface area contributed by atoms with Crippen molar-refractivity contribution in [3.8, 4) is 67.0 Å². The summed E-state index contributed by atoms with van der Waals surface area (Å²) in [5.74, 6) is 0. The lowest BCUT2D eigenvalue weighted by atomic mass is 9.92. The molecule has 0 saturated heterocycles. The highest BCUT2D eigenvalue weighted by molar-refractivity contribution is 9.10. The van der Waals surface area contributed by atoms with E-state index in [2.05, 4.69) is 262 Å². The zero-order chi connectivity index (χ0) is 41.9. The summed E-state index contributed by atoms with van der Waals surface area (Å²) in [5.41, 5.74) is 18.8. The van der Waals surface area contributed by atoms with E-state index < -0.39 is 0 Å². The third kappa shape index (κ3) is 6.57. The number of para-hydroxylation sites is 3. The molecule has 2 heterocycles. The number of nitrogens with zero attached hydrogens (tertiary/aromatic N) is 2. The number of rotatable bonds is 7. The van der Waals surface area contributed by atoms with Crippen molar-refractivity contribution in [2.24, 2.45) is 0 Å². The molecule has 63 heavy (non-hydrogen) atoms. The number of benzene rings is 10. The van der Waals surface area contributed by atoms with Gasteiger partial charge in [0.05, 0.1) is 22.1 Å². The first-order valence-corrected chi connectivity index (χ1v) is 22.2. The van der Waals surface area contributed by atoms with Crippen molar-refractivity contribution in [1.82, 2.24) is 9.13 Å². The van der Waals surface area contributed by atoms with E-state index in [9.17, 15) is 0 Å². The van der Waals surface area contributed by atoms with Crippen molar-refractivity contribution in [1.29, 1.82) is 0 Å². The van der Waals surface area contributed by atoms with E-state index in [0.29, 0.717) is 0 Å². The van der Waals surface area contributed by atoms with Gasteiger partial charge in [0, 0.05) is 37.4 Å². The maximum atomic E-state index is 3.76. The second-order valence-electron chi connectivity index (χ2n) is 16.3. The first-order valence-electron chi connectivity index (χ1n) is 21.4. The summed E-state index contributed by atoms with van der Waals surface area (Å²) >= 11 is 3.76. The average Bonchev–Trinajstić information content (AvgIpc) is 3.87. The largest absolute Gasteiger partial charge is 0.309 e. The van der Waals surface area contributed by atoms with Crippen molar-refractivity contribution in [2.45, 2.75) is 0 Å². The molecule has 0 bridgehead atoms. The lowest BCUT2D eigenvalue weighted by molar-refractivity contribution is 1.18. The van der Waals surface area contributed by atoms with E-state index in [1.54, 1.807) is 0 Å². The van der Waals surface area contributed by atoms with Crippen LogP contribution in [0.25, 0.3) is 111 Å². The van der Waals surface area contributed by atoms with Crippen molar-refractivity contribution >= 4 is 59.5 Å². The molecular formula is C60H39BrN2. The first-order chi connectivity index (χ1) is 31.1. The molecule has 0 atom stereocenters. The molecule has 0 amide bonds. The SMILES string of the molecule is Brc1cccc(-c2cc(-c3ccc4c(c3)c3ccccc3n4-c3cc(-c4ccccc4)cc(-c4ccccc4)c3)cc(-c3ccc4c5ccccc5n(-c5ccccc5)c4c3)c2)c1. The third-order valence-electron chi connectivity index (χ3n) is 12.5. The second kappa shape index (κ2) is 15.3. The second-order valence-corrected chi connectivity index (χ2v) is 17.2. The molecular weight excluding hydrogens is 829 g/mol. The molecule has 0 aliphatic rings. The van der Waals surface area contributed by atoms with Crippen LogP contribution in [0, 0.1) is 0 Å². The Bertz CT molecular complexity index is 3620. The van der Waals surface area contributed by atoms with Gasteiger partial charge >= 0.3 is 0 Å². The van der Waals surface area contributed by atoms with Gasteiger partial charge in [-0.3, -0.25) is 0 Å². The van der Waals surface area contributed by atoms with Crippen LogP contribution in [0.1, 0.15) is 0 Å². The molecule has 12 rings (SSSR count). The predicted octanol–water partition coefficient (Wildman–Crippen LogP) is 17.0. The molecule has 0 fully saturated rings. The van der Waals surface area contributed by atoms with Crippen LogP contribution in [0.4, 0.5) is 0 Å². The predicted molar refractivity (Wildman–Crippen MR) is 270 cm³/mol. The highest BCUT2D eigenvalue weighted by Crippen LogP contribution is 2.41. The van der Waals surface area contributed by atoms with Crippen molar-refractivity contribution in [2.75, 3.05) is 0 Å². The smallest absolute Gasteiger partial charge is 0.0547 e. The molecule has 0 unspecified atom stereocenters. The number of halogens is 1. The lowest BCUT2D eigenvalue weighted by Crippen LogP contribution is -1.96. The topological polar surface area (TPSA) is 9.86 Å². The van der Waals surface area contributed by atoms with Crippen molar-refractivity contribution in [3.63, 3.8) is 0 Å². The summed E-state index contributed by atoms with van der Waals surface area (Å²) in [6.07, 6.45) is 0. The monoisotopic (exact) mass is 866 g/mol. The Hall–Kier alpha value is -7.72. The van der Waals surface area contributed by atoms with Crippen LogP contribution in [-0.4, -0.2) is 9.13 Å². The van der Waals surface area contributed by atoms with Gasteiger partial charge in [-0.1, -0.05) is 162 Å². The van der Waals surface area contributed by atoms with E-state index >= 15 is 0 Å². The Morgan fingerprint density at radius 2 is 0.651 bits per heavy atom. The molecule has 0 radical (unpaired) electrons. The van der Waals surface area contributed by atoms with Gasteiger partial charge in [0.1, 0.15) is 0 Å². The summed E-state index contributed by atoms with van der Waals surface area (Å²) in [4.78, 5) is 0. The lowest BCUT2D eigenvalue weighted by Gasteiger charge is -2.15. The Labute approximate surface area is 374 Å². The number of hydrogen-bond donors (Lipinski definition) is 0. The molecule has 0 aliphatic heterocycles. The minimum atomic E-state index is 1.06. The van der Waals surface area contributed by atoms with Gasteiger partial charge in [-0.25, -0.2) is 0 Å². The van der Waals surface area contributed by atoms with Crippen LogP contribution in [0.15, 0.2) is 241 Å². The zero-order valence-corrected chi connectivity index (χ0v) is 35.9. The van der Waals surface area contributed by atoms with Crippen molar-refractivity contribution < 1.29 is 0 Å². The summed E-state index contributed by atoms with van der Waals surface area (Å²) in [6, 6.07) is 86.3.